The first kappa shape index (κ1) is 20.7. The number of phenolic OH excluding ortho intramolecular Hbond substituents is 1. The van der Waals surface area contributed by atoms with E-state index in [1.54, 1.807) is 18.2 Å². The van der Waals surface area contributed by atoms with Gasteiger partial charge in [-0.15, -0.1) is 0 Å². The third-order valence-corrected chi connectivity index (χ3v) is 4.50. The van der Waals surface area contributed by atoms with Gasteiger partial charge in [0.1, 0.15) is 5.75 Å². The van der Waals surface area contributed by atoms with Crippen molar-refractivity contribution in [2.75, 3.05) is 0 Å². The molecule has 2 aromatic rings. The third kappa shape index (κ3) is 9.09. The van der Waals surface area contributed by atoms with E-state index in [0.717, 1.165) is 17.0 Å². The quantitative estimate of drug-likeness (QED) is 0.576. The minimum atomic E-state index is 0.291. The van der Waals surface area contributed by atoms with Crippen LogP contribution in [0.4, 0.5) is 0 Å². The first-order valence-electron chi connectivity index (χ1n) is 8.65. The molecule has 0 bridgehead atoms. The van der Waals surface area contributed by atoms with Crippen molar-refractivity contribution in [3.63, 3.8) is 0 Å². The fraction of sp³-hybridized carbons (Fsp3) is 0.429. The molecule has 0 aromatic heterocycles. The van der Waals surface area contributed by atoms with E-state index in [9.17, 15) is 0 Å². The Labute approximate surface area is 155 Å². The van der Waals surface area contributed by atoms with E-state index in [-0.39, 0.29) is 0 Å². The fourth-order valence-electron chi connectivity index (χ4n) is 2.45. The molecule has 0 spiro atoms. The molecule has 2 rings (SSSR count). The average molecular weight is 393 g/mol. The molecule has 1 atom stereocenters. The molecule has 2 aromatic carbocycles. The first-order valence-corrected chi connectivity index (χ1v) is 9.44. The second kappa shape index (κ2) is 12.1. The highest BCUT2D eigenvalue weighted by atomic mass is 79.9. The van der Waals surface area contributed by atoms with Gasteiger partial charge in [-0.05, 0) is 43.0 Å². The van der Waals surface area contributed by atoms with Crippen molar-refractivity contribution < 1.29 is 9.84 Å². The normalized spacial score (nSPS) is 11.7. The fourth-order valence-corrected chi connectivity index (χ4v) is 2.84. The molecule has 0 heterocycles. The summed E-state index contributed by atoms with van der Waals surface area (Å²) < 4.78 is 6.76. The SMILES string of the molecule is CCC(CC)CC(C)OCc1ccccc1.Oc1cccc(Br)c1. The summed E-state index contributed by atoms with van der Waals surface area (Å²) in [5, 5.41) is 8.78. The minimum Gasteiger partial charge on any atom is -0.508 e. The van der Waals surface area contributed by atoms with Gasteiger partial charge in [-0.2, -0.15) is 0 Å². The van der Waals surface area contributed by atoms with E-state index in [2.05, 4.69) is 61.0 Å². The monoisotopic (exact) mass is 392 g/mol. The van der Waals surface area contributed by atoms with Crippen molar-refractivity contribution in [3.05, 3.63) is 64.6 Å². The Kier molecular flexibility index (Phi) is 10.4. The van der Waals surface area contributed by atoms with Gasteiger partial charge >= 0.3 is 0 Å². The Balaban J connectivity index is 0.000000300. The molecule has 3 heteroatoms. The van der Waals surface area contributed by atoms with Crippen LogP contribution in [0.2, 0.25) is 0 Å². The summed E-state index contributed by atoms with van der Waals surface area (Å²) in [4.78, 5) is 0. The van der Waals surface area contributed by atoms with E-state index < -0.39 is 0 Å². The second-order valence-electron chi connectivity index (χ2n) is 6.01. The highest BCUT2D eigenvalue weighted by Crippen LogP contribution is 2.17. The van der Waals surface area contributed by atoms with Crippen LogP contribution in [-0.4, -0.2) is 11.2 Å². The van der Waals surface area contributed by atoms with E-state index in [1.165, 1.54) is 24.8 Å². The number of aromatic hydroxyl groups is 1. The molecular formula is C21H29BrO2. The maximum Gasteiger partial charge on any atom is 0.116 e. The van der Waals surface area contributed by atoms with Gasteiger partial charge in [-0.3, -0.25) is 0 Å². The van der Waals surface area contributed by atoms with Crippen LogP contribution in [0.3, 0.4) is 0 Å². The highest BCUT2D eigenvalue weighted by molar-refractivity contribution is 9.10. The van der Waals surface area contributed by atoms with Gasteiger partial charge < -0.3 is 9.84 Å². The van der Waals surface area contributed by atoms with E-state index in [4.69, 9.17) is 9.84 Å². The predicted molar refractivity (Wildman–Crippen MR) is 105 cm³/mol. The summed E-state index contributed by atoms with van der Waals surface area (Å²) in [5.74, 6) is 1.10. The van der Waals surface area contributed by atoms with E-state index >= 15 is 0 Å². The molecule has 1 unspecified atom stereocenters. The van der Waals surface area contributed by atoms with Crippen molar-refractivity contribution in [1.82, 2.24) is 0 Å². The topological polar surface area (TPSA) is 29.5 Å². The Morgan fingerprint density at radius 1 is 1.00 bits per heavy atom. The van der Waals surface area contributed by atoms with Gasteiger partial charge in [0, 0.05) is 4.47 Å². The smallest absolute Gasteiger partial charge is 0.116 e. The standard InChI is InChI=1S/C15H24O.C6H5BrO/c1-4-14(5-2)11-13(3)16-12-15-9-7-6-8-10-15;7-5-2-1-3-6(8)4-5/h6-10,13-14H,4-5,11-12H2,1-3H3;1-4,8H. The van der Waals surface area contributed by atoms with Crippen LogP contribution in [0.25, 0.3) is 0 Å². The zero-order valence-corrected chi connectivity index (χ0v) is 16.5. The van der Waals surface area contributed by atoms with Crippen LogP contribution in [-0.2, 0) is 11.3 Å². The van der Waals surface area contributed by atoms with Crippen molar-refractivity contribution in [2.45, 2.75) is 52.7 Å². The molecule has 24 heavy (non-hydrogen) atoms. The van der Waals surface area contributed by atoms with Crippen molar-refractivity contribution in [1.29, 1.82) is 0 Å². The van der Waals surface area contributed by atoms with E-state index in [1.807, 2.05) is 12.1 Å². The molecule has 0 aliphatic rings. The molecule has 0 saturated heterocycles. The number of ether oxygens (including phenoxy) is 1. The van der Waals surface area contributed by atoms with Crippen LogP contribution in [0.1, 0.15) is 45.6 Å². The van der Waals surface area contributed by atoms with Gasteiger partial charge in [0.2, 0.25) is 0 Å². The number of benzene rings is 2. The first-order chi connectivity index (χ1) is 11.5. The summed E-state index contributed by atoms with van der Waals surface area (Å²) in [6, 6.07) is 17.3. The number of halogens is 1. The lowest BCUT2D eigenvalue weighted by molar-refractivity contribution is 0.0357. The molecule has 1 N–H and O–H groups in total. The Morgan fingerprint density at radius 2 is 1.67 bits per heavy atom. The summed E-state index contributed by atoms with van der Waals surface area (Å²) in [5.41, 5.74) is 1.26. The Bertz CT molecular complexity index is 536. The largest absolute Gasteiger partial charge is 0.508 e. The van der Waals surface area contributed by atoms with Crippen LogP contribution in [0.5, 0.6) is 5.75 Å². The molecule has 0 fully saturated rings. The lowest BCUT2D eigenvalue weighted by atomic mass is 9.97. The molecule has 0 radical (unpaired) electrons. The molecule has 132 valence electrons. The maximum absolute atomic E-state index is 8.78. The second-order valence-corrected chi connectivity index (χ2v) is 6.92. The van der Waals surface area contributed by atoms with Gasteiger partial charge in [-0.25, -0.2) is 0 Å². The molecule has 0 saturated carbocycles. The predicted octanol–water partition coefficient (Wildman–Crippen LogP) is 6.57. The minimum absolute atomic E-state index is 0.291. The van der Waals surface area contributed by atoms with Crippen molar-refractivity contribution in [2.24, 2.45) is 5.92 Å². The number of hydrogen-bond acceptors (Lipinski definition) is 2. The van der Waals surface area contributed by atoms with Crippen molar-refractivity contribution in [3.8, 4) is 5.75 Å². The lowest BCUT2D eigenvalue weighted by Gasteiger charge is -2.18. The van der Waals surface area contributed by atoms with E-state index in [0.29, 0.717) is 11.9 Å². The van der Waals surface area contributed by atoms with Gasteiger partial charge in [-0.1, -0.05) is 79.0 Å². The maximum atomic E-state index is 8.78. The highest BCUT2D eigenvalue weighted by Gasteiger charge is 2.10. The molecule has 0 aliphatic carbocycles. The number of hydrogen-bond donors (Lipinski definition) is 1. The zero-order valence-electron chi connectivity index (χ0n) is 14.9. The van der Waals surface area contributed by atoms with Crippen LogP contribution in [0, 0.1) is 5.92 Å². The van der Waals surface area contributed by atoms with Gasteiger partial charge in [0.25, 0.3) is 0 Å². The molecule has 2 nitrogen and oxygen atoms in total. The summed E-state index contributed by atoms with van der Waals surface area (Å²) in [6.45, 7) is 7.44. The Hall–Kier alpha value is -1.32. The number of phenols is 1. The van der Waals surface area contributed by atoms with Crippen LogP contribution < -0.4 is 0 Å². The molecule has 0 aliphatic heterocycles. The Morgan fingerprint density at radius 3 is 2.17 bits per heavy atom. The summed E-state index contributed by atoms with van der Waals surface area (Å²) >= 11 is 3.20. The van der Waals surface area contributed by atoms with Gasteiger partial charge in [0.05, 0.1) is 12.7 Å². The summed E-state index contributed by atoms with van der Waals surface area (Å²) in [7, 11) is 0. The lowest BCUT2D eigenvalue weighted by Crippen LogP contribution is -2.13. The van der Waals surface area contributed by atoms with Crippen molar-refractivity contribution >= 4 is 15.9 Å². The average Bonchev–Trinajstić information content (AvgIpc) is 2.59. The third-order valence-electron chi connectivity index (χ3n) is 4.01. The zero-order chi connectivity index (χ0) is 17.8. The summed E-state index contributed by atoms with van der Waals surface area (Å²) in [6.07, 6.45) is 4.07. The van der Waals surface area contributed by atoms with Crippen LogP contribution in [0.15, 0.2) is 59.1 Å². The molecule has 0 amide bonds. The van der Waals surface area contributed by atoms with Gasteiger partial charge in [0.15, 0.2) is 0 Å². The molecular weight excluding hydrogens is 364 g/mol. The van der Waals surface area contributed by atoms with Crippen LogP contribution >= 0.6 is 15.9 Å². The number of rotatable bonds is 7.